The number of hydrogen-bond donors (Lipinski definition) is 1. The maximum absolute atomic E-state index is 13.4. The molecule has 34 heavy (non-hydrogen) atoms. The van der Waals surface area contributed by atoms with Gasteiger partial charge in [0.05, 0.1) is 18.7 Å². The molecule has 1 fully saturated rings. The molecule has 2 atom stereocenters. The molecule has 0 radical (unpaired) electrons. The number of methoxy groups -OCH3 is 1. The molecule has 0 amide bonds. The van der Waals surface area contributed by atoms with Crippen LogP contribution >= 0.6 is 15.9 Å². The van der Waals surface area contributed by atoms with Crippen molar-refractivity contribution < 1.29 is 17.9 Å². The topological polar surface area (TPSA) is 85.7 Å². The predicted molar refractivity (Wildman–Crippen MR) is 123 cm³/mol. The van der Waals surface area contributed by atoms with Crippen molar-refractivity contribution in [1.29, 1.82) is 0 Å². The minimum Gasteiger partial charge on any atom is -0.481 e. The molecule has 0 aliphatic heterocycles. The van der Waals surface area contributed by atoms with Gasteiger partial charge in [-0.1, -0.05) is 15.9 Å². The quantitative estimate of drug-likeness (QED) is 0.380. The Morgan fingerprint density at radius 1 is 1.21 bits per heavy atom. The average Bonchev–Trinajstić information content (AvgIpc) is 3.20. The van der Waals surface area contributed by atoms with Crippen LogP contribution < -0.4 is 10.2 Å². The number of aromatic amines is 1. The van der Waals surface area contributed by atoms with Gasteiger partial charge in [-0.2, -0.15) is 18.3 Å². The number of nitrogens with one attached hydrogen (secondary N) is 1. The summed E-state index contributed by atoms with van der Waals surface area (Å²) in [6, 6.07) is 9.99. The van der Waals surface area contributed by atoms with Gasteiger partial charge < -0.3 is 9.72 Å². The van der Waals surface area contributed by atoms with Crippen molar-refractivity contribution >= 4 is 26.8 Å². The lowest BCUT2D eigenvalue weighted by molar-refractivity contribution is -0.214. The van der Waals surface area contributed by atoms with Gasteiger partial charge in [0.15, 0.2) is 17.1 Å². The molecule has 1 aromatic carbocycles. The van der Waals surface area contributed by atoms with Crippen molar-refractivity contribution in [3.8, 4) is 28.8 Å². The molecule has 0 saturated heterocycles. The van der Waals surface area contributed by atoms with Crippen LogP contribution in [0.15, 0.2) is 51.9 Å². The Morgan fingerprint density at radius 2 is 2.03 bits per heavy atom. The third-order valence-corrected chi connectivity index (χ3v) is 6.65. The second-order valence-corrected chi connectivity index (χ2v) is 9.17. The molecule has 1 saturated carbocycles. The third kappa shape index (κ3) is 4.20. The molecule has 3 heterocycles. The summed E-state index contributed by atoms with van der Waals surface area (Å²) in [5.74, 6) is -1.03. The maximum Gasteiger partial charge on any atom is 0.392 e. The van der Waals surface area contributed by atoms with Crippen LogP contribution in [-0.2, 0) is 6.54 Å². The number of nitrogens with zero attached hydrogens (tertiary/aromatic N) is 4. The molecule has 3 aromatic heterocycles. The van der Waals surface area contributed by atoms with Crippen molar-refractivity contribution in [3.05, 3.63) is 57.3 Å². The zero-order valence-corrected chi connectivity index (χ0v) is 19.5. The van der Waals surface area contributed by atoms with E-state index in [4.69, 9.17) is 4.74 Å². The first kappa shape index (κ1) is 22.6. The summed E-state index contributed by atoms with van der Waals surface area (Å²) in [5, 5.41) is 5.01. The number of rotatable bonds is 5. The number of halogens is 4. The molecule has 1 aliphatic rings. The Balaban J connectivity index is 1.61. The number of hydrogen-bond acceptors (Lipinski definition) is 5. The van der Waals surface area contributed by atoms with Gasteiger partial charge in [-0.05, 0) is 43.0 Å². The Kier molecular flexibility index (Phi) is 5.67. The summed E-state index contributed by atoms with van der Waals surface area (Å²) in [7, 11) is 1.48. The molecule has 5 rings (SSSR count). The standard InChI is InChI=1S/C23H19BrF3N5O2/c1-34-20-8-12(6-7-28-20)21-30-22(32(31-21)11-13-2-4-16(13)23(25,26)27)18-10-19(33)15-9-14(24)3-5-17(15)29-18/h3,5-10,13,16H,2,4,11H2,1H3,(H,29,33)/t13-,16+/m0/s1. The summed E-state index contributed by atoms with van der Waals surface area (Å²) >= 11 is 3.36. The second-order valence-electron chi connectivity index (χ2n) is 8.25. The first-order valence-corrected chi connectivity index (χ1v) is 11.4. The summed E-state index contributed by atoms with van der Waals surface area (Å²) in [4.78, 5) is 24.7. The normalized spacial score (nSPS) is 18.1. The lowest BCUT2D eigenvalue weighted by Crippen LogP contribution is -2.40. The van der Waals surface area contributed by atoms with Crippen molar-refractivity contribution in [3.63, 3.8) is 0 Å². The van der Waals surface area contributed by atoms with Gasteiger partial charge in [0.1, 0.15) is 0 Å². The zero-order valence-electron chi connectivity index (χ0n) is 17.9. The second kappa shape index (κ2) is 8.53. The van der Waals surface area contributed by atoms with E-state index in [9.17, 15) is 18.0 Å². The Hall–Kier alpha value is -3.21. The van der Waals surface area contributed by atoms with E-state index in [0.29, 0.717) is 46.1 Å². The summed E-state index contributed by atoms with van der Waals surface area (Å²) < 4.78 is 47.5. The van der Waals surface area contributed by atoms with E-state index in [2.05, 4.69) is 36.0 Å². The number of fused-ring (bicyclic) bond motifs is 1. The van der Waals surface area contributed by atoms with Crippen LogP contribution in [0, 0.1) is 11.8 Å². The average molecular weight is 534 g/mol. The highest BCUT2D eigenvalue weighted by molar-refractivity contribution is 9.10. The van der Waals surface area contributed by atoms with Gasteiger partial charge in [-0.3, -0.25) is 4.79 Å². The van der Waals surface area contributed by atoms with Crippen molar-refractivity contribution in [2.24, 2.45) is 11.8 Å². The summed E-state index contributed by atoms with van der Waals surface area (Å²) in [6.07, 6.45) is -2.16. The number of benzene rings is 1. The van der Waals surface area contributed by atoms with Gasteiger partial charge in [0, 0.05) is 45.8 Å². The summed E-state index contributed by atoms with van der Waals surface area (Å²) in [5.41, 5.74) is 1.33. The first-order chi connectivity index (χ1) is 16.2. The fourth-order valence-corrected chi connectivity index (χ4v) is 4.59. The first-order valence-electron chi connectivity index (χ1n) is 10.6. The van der Waals surface area contributed by atoms with Crippen LogP contribution in [0.2, 0.25) is 0 Å². The minimum atomic E-state index is -4.25. The third-order valence-electron chi connectivity index (χ3n) is 6.15. The lowest BCUT2D eigenvalue weighted by Gasteiger charge is -2.37. The Bertz CT molecular complexity index is 1430. The Labute approximate surface area is 200 Å². The highest BCUT2D eigenvalue weighted by atomic mass is 79.9. The van der Waals surface area contributed by atoms with Crippen molar-refractivity contribution in [2.75, 3.05) is 7.11 Å². The van der Waals surface area contributed by atoms with Gasteiger partial charge >= 0.3 is 6.18 Å². The highest BCUT2D eigenvalue weighted by Crippen LogP contribution is 2.46. The van der Waals surface area contributed by atoms with Crippen LogP contribution in [0.3, 0.4) is 0 Å². The maximum atomic E-state index is 13.4. The lowest BCUT2D eigenvalue weighted by atomic mass is 9.73. The van der Waals surface area contributed by atoms with Gasteiger partial charge in [0.25, 0.3) is 0 Å². The molecule has 0 bridgehead atoms. The molecule has 0 unspecified atom stereocenters. The van der Waals surface area contributed by atoms with Gasteiger partial charge in [0.2, 0.25) is 5.88 Å². The van der Waals surface area contributed by atoms with Crippen LogP contribution in [0.25, 0.3) is 33.8 Å². The number of alkyl halides is 3. The van der Waals surface area contributed by atoms with E-state index < -0.39 is 18.0 Å². The van der Waals surface area contributed by atoms with Crippen molar-refractivity contribution in [2.45, 2.75) is 25.6 Å². The predicted octanol–water partition coefficient (Wildman–Crippen LogP) is 5.21. The molecule has 7 nitrogen and oxygen atoms in total. The molecular weight excluding hydrogens is 515 g/mol. The number of aromatic nitrogens is 5. The molecule has 1 N–H and O–H groups in total. The van der Waals surface area contributed by atoms with E-state index in [1.807, 2.05) is 0 Å². The Morgan fingerprint density at radius 3 is 2.74 bits per heavy atom. The van der Waals surface area contributed by atoms with Crippen molar-refractivity contribution in [1.82, 2.24) is 24.7 Å². The van der Waals surface area contributed by atoms with Crippen LogP contribution in [-0.4, -0.2) is 38.0 Å². The monoisotopic (exact) mass is 533 g/mol. The van der Waals surface area contributed by atoms with E-state index in [1.165, 1.54) is 24.1 Å². The molecular formula is C23H19BrF3N5O2. The van der Waals surface area contributed by atoms with Gasteiger partial charge in [-0.15, -0.1) is 0 Å². The zero-order chi connectivity index (χ0) is 24.0. The number of pyridine rings is 2. The van der Waals surface area contributed by atoms with Crippen LogP contribution in [0.5, 0.6) is 5.88 Å². The van der Waals surface area contributed by atoms with E-state index in [1.54, 1.807) is 30.3 Å². The summed E-state index contributed by atoms with van der Waals surface area (Å²) in [6.45, 7) is 0.0368. The molecule has 0 spiro atoms. The van der Waals surface area contributed by atoms with E-state index >= 15 is 0 Å². The number of ether oxygens (including phenoxy) is 1. The molecule has 11 heteroatoms. The highest BCUT2D eigenvalue weighted by Gasteiger charge is 2.50. The molecule has 4 aromatic rings. The fraction of sp³-hybridized carbons (Fsp3) is 0.304. The number of H-pyrrole nitrogens is 1. The van der Waals surface area contributed by atoms with Gasteiger partial charge in [-0.25, -0.2) is 14.6 Å². The fourth-order valence-electron chi connectivity index (χ4n) is 4.23. The smallest absolute Gasteiger partial charge is 0.392 e. The van der Waals surface area contributed by atoms with Crippen LogP contribution in [0.1, 0.15) is 12.8 Å². The minimum absolute atomic E-state index is 0.0368. The van der Waals surface area contributed by atoms with E-state index in [0.717, 1.165) is 4.47 Å². The van der Waals surface area contributed by atoms with E-state index in [-0.39, 0.29) is 18.4 Å². The van der Waals surface area contributed by atoms with Crippen LogP contribution in [0.4, 0.5) is 13.2 Å². The molecule has 176 valence electrons. The SMILES string of the molecule is COc1cc(-c2nc(-c3cc(=O)c4cc(Br)ccc4[nH]3)n(C[C@@H]3CC[C@H]3C(F)(F)F)n2)ccn1. The molecule has 1 aliphatic carbocycles. The largest absolute Gasteiger partial charge is 0.481 e.